The topological polar surface area (TPSA) is 41.5 Å². The van der Waals surface area contributed by atoms with Gasteiger partial charge in [-0.05, 0) is 37.5 Å². The fourth-order valence-electron chi connectivity index (χ4n) is 1.85. The van der Waals surface area contributed by atoms with E-state index in [2.05, 4.69) is 5.32 Å². The van der Waals surface area contributed by atoms with Crippen LogP contribution in [0.15, 0.2) is 12.1 Å². The number of rotatable bonds is 5. The lowest BCUT2D eigenvalue weighted by Gasteiger charge is -2.16. The predicted molar refractivity (Wildman–Crippen MR) is 70.0 cm³/mol. The van der Waals surface area contributed by atoms with Crippen LogP contribution in [-0.4, -0.2) is 25.4 Å². The van der Waals surface area contributed by atoms with Crippen molar-refractivity contribution in [1.29, 1.82) is 0 Å². The van der Waals surface area contributed by atoms with E-state index >= 15 is 0 Å². The molecule has 0 amide bonds. The minimum atomic E-state index is 0.0961. The molecule has 17 heavy (non-hydrogen) atoms. The number of aliphatic hydroxyl groups excluding tert-OH is 1. The highest BCUT2D eigenvalue weighted by atomic mass is 35.5. The van der Waals surface area contributed by atoms with Crippen molar-refractivity contribution in [2.75, 3.05) is 25.6 Å². The molecule has 2 rings (SSSR count). The van der Waals surface area contributed by atoms with Gasteiger partial charge in [-0.2, -0.15) is 0 Å². The van der Waals surface area contributed by atoms with Crippen molar-refractivity contribution in [1.82, 2.24) is 0 Å². The van der Waals surface area contributed by atoms with E-state index in [-0.39, 0.29) is 12.0 Å². The van der Waals surface area contributed by atoms with E-state index in [1.165, 1.54) is 0 Å². The van der Waals surface area contributed by atoms with Gasteiger partial charge in [-0.3, -0.25) is 0 Å². The summed E-state index contributed by atoms with van der Waals surface area (Å²) in [6, 6.07) is 3.80. The number of nitrogens with one attached hydrogen (secondary N) is 1. The molecule has 1 fully saturated rings. The summed E-state index contributed by atoms with van der Waals surface area (Å²) >= 11 is 6.09. The second-order valence-electron chi connectivity index (χ2n) is 4.81. The van der Waals surface area contributed by atoms with E-state index in [0.29, 0.717) is 10.8 Å². The number of anilines is 1. The summed E-state index contributed by atoms with van der Waals surface area (Å²) in [5.74, 6) is 0.693. The molecule has 0 aliphatic heterocycles. The van der Waals surface area contributed by atoms with Crippen LogP contribution in [0.25, 0.3) is 0 Å². The van der Waals surface area contributed by atoms with E-state index in [4.69, 9.17) is 16.3 Å². The van der Waals surface area contributed by atoms with Gasteiger partial charge < -0.3 is 15.2 Å². The molecular weight excluding hydrogens is 238 g/mol. The van der Waals surface area contributed by atoms with E-state index in [0.717, 1.165) is 30.6 Å². The number of halogens is 1. The summed E-state index contributed by atoms with van der Waals surface area (Å²) in [6.07, 6.45) is 2.19. The Kier molecular flexibility index (Phi) is 3.50. The van der Waals surface area contributed by atoms with Crippen molar-refractivity contribution in [2.45, 2.75) is 19.8 Å². The molecule has 4 heteroatoms. The maximum Gasteiger partial charge on any atom is 0.137 e. The summed E-state index contributed by atoms with van der Waals surface area (Å²) in [7, 11) is 1.61. The average molecular weight is 256 g/mol. The molecule has 0 atom stereocenters. The zero-order chi connectivity index (χ0) is 12.5. The zero-order valence-electron chi connectivity index (χ0n) is 10.2. The van der Waals surface area contributed by atoms with Crippen LogP contribution in [0.2, 0.25) is 5.02 Å². The van der Waals surface area contributed by atoms with Crippen LogP contribution in [0.4, 0.5) is 5.69 Å². The smallest absolute Gasteiger partial charge is 0.137 e. The van der Waals surface area contributed by atoms with Crippen LogP contribution < -0.4 is 10.1 Å². The Morgan fingerprint density at radius 2 is 2.18 bits per heavy atom. The number of methoxy groups -OCH3 is 1. The maximum atomic E-state index is 9.25. The number of hydrogen-bond donors (Lipinski definition) is 2. The first-order valence-corrected chi connectivity index (χ1v) is 6.17. The molecule has 0 radical (unpaired) electrons. The number of ether oxygens (including phenoxy) is 1. The molecule has 1 aliphatic carbocycles. The second-order valence-corrected chi connectivity index (χ2v) is 5.22. The third-order valence-corrected chi connectivity index (χ3v) is 3.74. The summed E-state index contributed by atoms with van der Waals surface area (Å²) in [4.78, 5) is 0. The number of aryl methyl sites for hydroxylation is 1. The molecular formula is C13H18ClNO2. The highest BCUT2D eigenvalue weighted by molar-refractivity contribution is 6.32. The molecule has 2 N–H and O–H groups in total. The van der Waals surface area contributed by atoms with E-state index < -0.39 is 0 Å². The number of hydrogen-bond acceptors (Lipinski definition) is 3. The molecule has 0 unspecified atom stereocenters. The van der Waals surface area contributed by atoms with Gasteiger partial charge in [-0.1, -0.05) is 11.6 Å². The van der Waals surface area contributed by atoms with Crippen LogP contribution in [0.1, 0.15) is 18.4 Å². The summed E-state index contributed by atoms with van der Waals surface area (Å²) < 4.78 is 5.16. The molecule has 1 aromatic carbocycles. The Morgan fingerprint density at radius 1 is 1.47 bits per heavy atom. The molecule has 0 heterocycles. The highest BCUT2D eigenvalue weighted by Crippen LogP contribution is 2.45. The van der Waals surface area contributed by atoms with Crippen LogP contribution in [0.5, 0.6) is 5.75 Å². The maximum absolute atomic E-state index is 9.25. The van der Waals surface area contributed by atoms with Gasteiger partial charge in [0.25, 0.3) is 0 Å². The van der Waals surface area contributed by atoms with E-state index in [1.807, 2.05) is 19.1 Å². The van der Waals surface area contributed by atoms with Crippen LogP contribution in [0, 0.1) is 12.3 Å². The first-order valence-electron chi connectivity index (χ1n) is 5.79. The van der Waals surface area contributed by atoms with Crippen molar-refractivity contribution in [3.63, 3.8) is 0 Å². The van der Waals surface area contributed by atoms with Crippen LogP contribution in [-0.2, 0) is 0 Å². The number of aliphatic hydroxyl groups is 1. The van der Waals surface area contributed by atoms with Crippen molar-refractivity contribution in [2.24, 2.45) is 5.41 Å². The van der Waals surface area contributed by atoms with Gasteiger partial charge in [0.1, 0.15) is 5.75 Å². The van der Waals surface area contributed by atoms with Crippen molar-refractivity contribution >= 4 is 17.3 Å². The van der Waals surface area contributed by atoms with Gasteiger partial charge in [0.05, 0.1) is 18.7 Å². The average Bonchev–Trinajstić information content (AvgIpc) is 3.10. The molecule has 0 saturated heterocycles. The minimum Gasteiger partial charge on any atom is -0.495 e. The lowest BCUT2D eigenvalue weighted by atomic mass is 10.1. The van der Waals surface area contributed by atoms with Gasteiger partial charge in [0, 0.05) is 17.6 Å². The molecule has 1 saturated carbocycles. The van der Waals surface area contributed by atoms with Crippen molar-refractivity contribution in [3.05, 3.63) is 22.7 Å². The second kappa shape index (κ2) is 4.75. The summed E-state index contributed by atoms with van der Waals surface area (Å²) in [5.41, 5.74) is 2.20. The molecule has 0 spiro atoms. The Bertz CT molecular complexity index is 416. The van der Waals surface area contributed by atoms with Gasteiger partial charge >= 0.3 is 0 Å². The van der Waals surface area contributed by atoms with Gasteiger partial charge in [0.2, 0.25) is 0 Å². The summed E-state index contributed by atoms with van der Waals surface area (Å²) in [6.45, 7) is 3.07. The SMILES string of the molecule is COc1cc(C)c(NCC2(CO)CC2)cc1Cl. The summed E-state index contributed by atoms with van der Waals surface area (Å²) in [5, 5.41) is 13.2. The largest absolute Gasteiger partial charge is 0.495 e. The van der Waals surface area contributed by atoms with Crippen LogP contribution >= 0.6 is 11.6 Å². The predicted octanol–water partition coefficient (Wildman–Crippen LogP) is 2.84. The molecule has 1 aromatic rings. The fraction of sp³-hybridized carbons (Fsp3) is 0.538. The Labute approximate surface area is 107 Å². The lowest BCUT2D eigenvalue weighted by Crippen LogP contribution is -2.19. The Balaban J connectivity index is 2.08. The molecule has 0 bridgehead atoms. The van der Waals surface area contributed by atoms with Gasteiger partial charge in [-0.15, -0.1) is 0 Å². The fourth-order valence-corrected chi connectivity index (χ4v) is 2.09. The minimum absolute atomic E-state index is 0.0961. The molecule has 94 valence electrons. The lowest BCUT2D eigenvalue weighted by molar-refractivity contribution is 0.220. The molecule has 0 aromatic heterocycles. The standard InChI is InChI=1S/C13H18ClNO2/c1-9-5-12(17-2)10(14)6-11(9)15-7-13(8-16)3-4-13/h5-6,15-16H,3-4,7-8H2,1-2H3. The first kappa shape index (κ1) is 12.5. The normalized spacial score (nSPS) is 16.7. The van der Waals surface area contributed by atoms with Gasteiger partial charge in [-0.25, -0.2) is 0 Å². The Hall–Kier alpha value is -0.930. The third kappa shape index (κ3) is 2.67. The van der Waals surface area contributed by atoms with Gasteiger partial charge in [0.15, 0.2) is 0 Å². The van der Waals surface area contributed by atoms with Crippen molar-refractivity contribution < 1.29 is 9.84 Å². The van der Waals surface area contributed by atoms with E-state index in [9.17, 15) is 5.11 Å². The number of benzene rings is 1. The van der Waals surface area contributed by atoms with E-state index in [1.54, 1.807) is 7.11 Å². The van der Waals surface area contributed by atoms with Crippen molar-refractivity contribution in [3.8, 4) is 5.75 Å². The molecule has 1 aliphatic rings. The quantitative estimate of drug-likeness (QED) is 0.850. The highest BCUT2D eigenvalue weighted by Gasteiger charge is 2.41. The first-order chi connectivity index (χ1) is 8.10. The molecule has 3 nitrogen and oxygen atoms in total. The monoisotopic (exact) mass is 255 g/mol. The third-order valence-electron chi connectivity index (χ3n) is 3.45. The zero-order valence-corrected chi connectivity index (χ0v) is 11.0. The van der Waals surface area contributed by atoms with Crippen LogP contribution in [0.3, 0.4) is 0 Å². The Morgan fingerprint density at radius 3 is 2.71 bits per heavy atom.